The Morgan fingerprint density at radius 1 is 1.35 bits per heavy atom. The lowest BCUT2D eigenvalue weighted by molar-refractivity contribution is 0.581. The van der Waals surface area contributed by atoms with E-state index in [4.69, 9.17) is 0 Å². The zero-order valence-electron chi connectivity index (χ0n) is 9.33. The second-order valence-corrected chi connectivity index (χ2v) is 6.18. The normalized spacial score (nSPS) is 11.7. The molecular weight excluding hydrogens is 311 g/mol. The summed E-state index contributed by atoms with van der Waals surface area (Å²) in [5.74, 6) is -0.307. The van der Waals surface area contributed by atoms with E-state index < -0.39 is 10.0 Å². The Balaban J connectivity index is 2.34. The highest BCUT2D eigenvalue weighted by molar-refractivity contribution is 9.10. The molecule has 2 N–H and O–H groups in total. The van der Waals surface area contributed by atoms with E-state index in [0.29, 0.717) is 24.1 Å². The van der Waals surface area contributed by atoms with Crippen LogP contribution in [0.25, 0.3) is 0 Å². The molecule has 0 aliphatic carbocycles. The topological polar surface area (TPSA) is 58.2 Å². The number of sulfonamides is 1. The fraction of sp³-hybridized carbons (Fsp3) is 0.400. The minimum Gasteiger partial charge on any atom is -0.311 e. The van der Waals surface area contributed by atoms with E-state index >= 15 is 0 Å². The largest absolute Gasteiger partial charge is 0.311 e. The third kappa shape index (κ3) is 5.58. The Morgan fingerprint density at radius 3 is 2.71 bits per heavy atom. The second kappa shape index (κ2) is 6.44. The molecule has 1 aromatic rings. The molecule has 1 rings (SSSR count). The van der Waals surface area contributed by atoms with Gasteiger partial charge >= 0.3 is 0 Å². The number of benzene rings is 1. The monoisotopic (exact) mass is 324 g/mol. The average molecular weight is 325 g/mol. The number of hydrogen-bond donors (Lipinski definition) is 2. The van der Waals surface area contributed by atoms with Gasteiger partial charge in [0.1, 0.15) is 5.82 Å². The Labute approximate surface area is 109 Å². The van der Waals surface area contributed by atoms with Crippen LogP contribution in [0.4, 0.5) is 4.39 Å². The molecule has 4 nitrogen and oxygen atoms in total. The summed E-state index contributed by atoms with van der Waals surface area (Å²) in [6.07, 6.45) is 1.11. The van der Waals surface area contributed by atoms with Crippen molar-refractivity contribution in [1.82, 2.24) is 10.0 Å². The first kappa shape index (κ1) is 14.6. The van der Waals surface area contributed by atoms with Gasteiger partial charge in [0.2, 0.25) is 10.0 Å². The van der Waals surface area contributed by atoms with E-state index in [2.05, 4.69) is 26.0 Å². The summed E-state index contributed by atoms with van der Waals surface area (Å²) in [5.41, 5.74) is 0.796. The summed E-state index contributed by atoms with van der Waals surface area (Å²) in [7, 11) is -3.14. The van der Waals surface area contributed by atoms with Crippen LogP contribution in [0.3, 0.4) is 0 Å². The first-order valence-corrected chi connectivity index (χ1v) is 7.67. The van der Waals surface area contributed by atoms with Gasteiger partial charge in [0, 0.05) is 19.6 Å². The van der Waals surface area contributed by atoms with Crippen molar-refractivity contribution >= 4 is 26.0 Å². The maximum absolute atomic E-state index is 13.1. The predicted octanol–water partition coefficient (Wildman–Crippen LogP) is 1.23. The van der Waals surface area contributed by atoms with E-state index in [1.165, 1.54) is 6.07 Å². The lowest BCUT2D eigenvalue weighted by atomic mass is 10.2. The van der Waals surface area contributed by atoms with Crippen molar-refractivity contribution in [2.24, 2.45) is 0 Å². The number of halogens is 2. The molecule has 17 heavy (non-hydrogen) atoms. The summed E-state index contributed by atoms with van der Waals surface area (Å²) in [6.45, 7) is 1.27. The van der Waals surface area contributed by atoms with Crippen LogP contribution >= 0.6 is 15.9 Å². The predicted molar refractivity (Wildman–Crippen MR) is 68.7 cm³/mol. The summed E-state index contributed by atoms with van der Waals surface area (Å²) < 4.78 is 37.5. The Bertz CT molecular complexity index is 479. The van der Waals surface area contributed by atoms with Gasteiger partial charge in [0.05, 0.1) is 10.7 Å². The van der Waals surface area contributed by atoms with E-state index in [9.17, 15) is 12.8 Å². The number of rotatable bonds is 6. The van der Waals surface area contributed by atoms with Crippen LogP contribution in [-0.4, -0.2) is 27.8 Å². The zero-order valence-corrected chi connectivity index (χ0v) is 11.7. The third-order valence-corrected chi connectivity index (χ3v) is 3.63. The Kier molecular flexibility index (Phi) is 5.51. The lowest BCUT2D eigenvalue weighted by Gasteiger charge is -2.07. The summed E-state index contributed by atoms with van der Waals surface area (Å²) in [4.78, 5) is 0. The van der Waals surface area contributed by atoms with Crippen LogP contribution in [0.2, 0.25) is 0 Å². The van der Waals surface area contributed by atoms with Gasteiger partial charge in [-0.2, -0.15) is 0 Å². The van der Waals surface area contributed by atoms with Crippen LogP contribution in [-0.2, 0) is 16.6 Å². The van der Waals surface area contributed by atoms with E-state index in [0.717, 1.165) is 11.8 Å². The molecule has 7 heteroatoms. The van der Waals surface area contributed by atoms with Crippen molar-refractivity contribution < 1.29 is 12.8 Å². The Morgan fingerprint density at radius 2 is 2.06 bits per heavy atom. The molecular formula is C10H14BrFN2O2S. The molecule has 0 bridgehead atoms. The summed E-state index contributed by atoms with van der Waals surface area (Å²) >= 11 is 3.15. The van der Waals surface area contributed by atoms with Gasteiger partial charge < -0.3 is 5.32 Å². The van der Waals surface area contributed by atoms with Crippen LogP contribution in [0.15, 0.2) is 22.7 Å². The average Bonchev–Trinajstić information content (AvgIpc) is 2.22. The molecule has 0 amide bonds. The molecule has 0 heterocycles. The fourth-order valence-corrected chi connectivity index (χ4v) is 2.11. The van der Waals surface area contributed by atoms with Crippen molar-refractivity contribution in [3.8, 4) is 0 Å². The molecule has 0 aliphatic rings. The van der Waals surface area contributed by atoms with Crippen LogP contribution in [0.5, 0.6) is 0 Å². The third-order valence-electron chi connectivity index (χ3n) is 2.01. The molecule has 96 valence electrons. The molecule has 0 saturated heterocycles. The highest BCUT2D eigenvalue weighted by Crippen LogP contribution is 2.19. The van der Waals surface area contributed by atoms with Crippen molar-refractivity contribution in [2.45, 2.75) is 6.54 Å². The molecule has 0 aromatic heterocycles. The fourth-order valence-electron chi connectivity index (χ4n) is 1.23. The zero-order chi connectivity index (χ0) is 12.9. The maximum Gasteiger partial charge on any atom is 0.208 e. The van der Waals surface area contributed by atoms with Gasteiger partial charge in [0.15, 0.2) is 0 Å². The number of nitrogens with one attached hydrogen (secondary N) is 2. The minimum atomic E-state index is -3.14. The molecule has 0 saturated carbocycles. The van der Waals surface area contributed by atoms with Gasteiger partial charge in [0.25, 0.3) is 0 Å². The first-order chi connectivity index (χ1) is 7.90. The van der Waals surface area contributed by atoms with Crippen LogP contribution in [0.1, 0.15) is 5.56 Å². The quantitative estimate of drug-likeness (QED) is 0.774. The van der Waals surface area contributed by atoms with Crippen molar-refractivity contribution in [3.63, 3.8) is 0 Å². The van der Waals surface area contributed by atoms with Crippen LogP contribution in [0, 0.1) is 5.82 Å². The van der Waals surface area contributed by atoms with Crippen molar-refractivity contribution in [1.29, 1.82) is 0 Å². The maximum atomic E-state index is 13.1. The lowest BCUT2D eigenvalue weighted by Crippen LogP contribution is -2.30. The molecule has 0 radical (unpaired) electrons. The van der Waals surface area contributed by atoms with Gasteiger partial charge in [-0.15, -0.1) is 0 Å². The molecule has 1 aromatic carbocycles. The highest BCUT2D eigenvalue weighted by Gasteiger charge is 2.04. The minimum absolute atomic E-state index is 0.307. The van der Waals surface area contributed by atoms with Gasteiger partial charge in [-0.05, 0) is 27.6 Å². The van der Waals surface area contributed by atoms with Crippen LogP contribution < -0.4 is 10.0 Å². The van der Waals surface area contributed by atoms with E-state index in [1.807, 2.05) is 0 Å². The molecule has 0 spiro atoms. The number of hydrogen-bond acceptors (Lipinski definition) is 3. The van der Waals surface area contributed by atoms with E-state index in [1.54, 1.807) is 12.1 Å². The summed E-state index contributed by atoms with van der Waals surface area (Å²) in [5, 5.41) is 3.02. The Hall–Kier alpha value is -0.500. The standard InChI is InChI=1S/C10H14BrFN2O2S/c1-17(15,16)14-6-5-13-7-8-3-2-4-9(12)10(8)11/h2-4,13-14H,5-7H2,1H3. The van der Waals surface area contributed by atoms with Gasteiger partial charge in [-0.25, -0.2) is 17.5 Å². The summed E-state index contributed by atoms with van der Waals surface area (Å²) in [6, 6.07) is 4.80. The first-order valence-electron chi connectivity index (χ1n) is 4.98. The van der Waals surface area contributed by atoms with E-state index in [-0.39, 0.29) is 5.82 Å². The molecule has 0 unspecified atom stereocenters. The smallest absolute Gasteiger partial charge is 0.208 e. The molecule has 0 aliphatic heterocycles. The highest BCUT2D eigenvalue weighted by atomic mass is 79.9. The van der Waals surface area contributed by atoms with Crippen molar-refractivity contribution in [3.05, 3.63) is 34.1 Å². The SMILES string of the molecule is CS(=O)(=O)NCCNCc1cccc(F)c1Br. The second-order valence-electron chi connectivity index (χ2n) is 3.56. The van der Waals surface area contributed by atoms with Gasteiger partial charge in [-0.3, -0.25) is 0 Å². The molecule has 0 fully saturated rings. The van der Waals surface area contributed by atoms with Crippen molar-refractivity contribution in [2.75, 3.05) is 19.3 Å². The molecule has 0 atom stereocenters. The van der Waals surface area contributed by atoms with Gasteiger partial charge in [-0.1, -0.05) is 12.1 Å².